The van der Waals surface area contributed by atoms with Gasteiger partial charge in [-0.1, -0.05) is 35.5 Å². The minimum Gasteiger partial charge on any atom is -0.301 e. The first-order chi connectivity index (χ1) is 7.34. The largest absolute Gasteiger partial charge is 0.301 e. The number of thioether (sulfide) groups is 1. The molecule has 0 atom stereocenters. The highest BCUT2D eigenvalue weighted by atomic mass is 35.5. The molecule has 76 valence electrons. The second kappa shape index (κ2) is 3.54. The van der Waals surface area contributed by atoms with Crippen LogP contribution in [-0.4, -0.2) is 20.5 Å². The van der Waals surface area contributed by atoms with Crippen molar-refractivity contribution in [2.45, 2.75) is 11.7 Å². The molecule has 15 heavy (non-hydrogen) atoms. The third-order valence-electron chi connectivity index (χ3n) is 2.35. The van der Waals surface area contributed by atoms with Crippen molar-refractivity contribution in [2.24, 2.45) is 0 Å². The minimum absolute atomic E-state index is 0.732. The average Bonchev–Trinajstić information content (AvgIpc) is 2.77. The summed E-state index contributed by atoms with van der Waals surface area (Å²) in [5, 5.41) is 10.1. The first kappa shape index (κ1) is 9.24. The van der Waals surface area contributed by atoms with Gasteiger partial charge in [0.15, 0.2) is 11.0 Å². The molecule has 0 unspecified atom stereocenters. The maximum Gasteiger partial charge on any atom is 0.191 e. The Kier molecular flexibility index (Phi) is 2.18. The van der Waals surface area contributed by atoms with E-state index in [0.717, 1.165) is 33.9 Å². The Hall–Kier alpha value is -1.00. The third-order valence-corrected chi connectivity index (χ3v) is 3.53. The van der Waals surface area contributed by atoms with Gasteiger partial charge in [-0.15, -0.1) is 10.2 Å². The Morgan fingerprint density at radius 3 is 3.13 bits per heavy atom. The van der Waals surface area contributed by atoms with Gasteiger partial charge in [0.2, 0.25) is 0 Å². The molecule has 3 nitrogen and oxygen atoms in total. The van der Waals surface area contributed by atoms with E-state index in [1.165, 1.54) is 0 Å². The summed E-state index contributed by atoms with van der Waals surface area (Å²) in [5.74, 6) is 2.00. The van der Waals surface area contributed by atoms with Crippen LogP contribution in [0.1, 0.15) is 0 Å². The zero-order chi connectivity index (χ0) is 10.3. The van der Waals surface area contributed by atoms with E-state index >= 15 is 0 Å². The summed E-state index contributed by atoms with van der Waals surface area (Å²) < 4.78 is 2.14. The summed E-state index contributed by atoms with van der Waals surface area (Å²) in [6, 6.07) is 7.72. The molecule has 0 aliphatic carbocycles. The summed E-state index contributed by atoms with van der Waals surface area (Å²) in [4.78, 5) is 0. The monoisotopic (exact) mass is 237 g/mol. The van der Waals surface area contributed by atoms with Crippen LogP contribution in [0.3, 0.4) is 0 Å². The van der Waals surface area contributed by atoms with Crippen LogP contribution in [0, 0.1) is 0 Å². The molecule has 2 aromatic rings. The minimum atomic E-state index is 0.732. The van der Waals surface area contributed by atoms with Gasteiger partial charge in [-0.25, -0.2) is 0 Å². The maximum atomic E-state index is 5.95. The molecule has 1 aliphatic heterocycles. The number of hydrogen-bond donors (Lipinski definition) is 0. The van der Waals surface area contributed by atoms with Crippen LogP contribution in [0.5, 0.6) is 0 Å². The highest BCUT2D eigenvalue weighted by Crippen LogP contribution is 2.29. The fourth-order valence-corrected chi connectivity index (χ4v) is 2.75. The SMILES string of the molecule is Clc1cccc(-c2nnc3n2CCS3)c1. The molecule has 3 rings (SSSR count). The van der Waals surface area contributed by atoms with Crippen LogP contribution in [0.4, 0.5) is 0 Å². The summed E-state index contributed by atoms with van der Waals surface area (Å²) >= 11 is 7.69. The first-order valence-corrected chi connectivity index (χ1v) is 6.03. The number of halogens is 1. The van der Waals surface area contributed by atoms with Crippen LogP contribution in [0.2, 0.25) is 5.02 Å². The van der Waals surface area contributed by atoms with Gasteiger partial charge >= 0.3 is 0 Å². The Morgan fingerprint density at radius 1 is 1.33 bits per heavy atom. The van der Waals surface area contributed by atoms with Crippen molar-refractivity contribution < 1.29 is 0 Å². The summed E-state index contributed by atoms with van der Waals surface area (Å²) in [5.41, 5.74) is 1.03. The quantitative estimate of drug-likeness (QED) is 0.764. The van der Waals surface area contributed by atoms with E-state index < -0.39 is 0 Å². The third kappa shape index (κ3) is 1.54. The van der Waals surface area contributed by atoms with E-state index in [2.05, 4.69) is 14.8 Å². The normalized spacial score (nSPS) is 14.2. The second-order valence-electron chi connectivity index (χ2n) is 3.32. The number of aromatic nitrogens is 3. The Morgan fingerprint density at radius 2 is 2.27 bits per heavy atom. The zero-order valence-corrected chi connectivity index (χ0v) is 9.42. The van der Waals surface area contributed by atoms with Crippen molar-refractivity contribution in [1.82, 2.24) is 14.8 Å². The van der Waals surface area contributed by atoms with Crippen molar-refractivity contribution in [3.05, 3.63) is 29.3 Å². The number of rotatable bonds is 1. The molecule has 0 radical (unpaired) electrons. The van der Waals surface area contributed by atoms with Gasteiger partial charge in [0.05, 0.1) is 0 Å². The molecule has 0 fully saturated rings. The first-order valence-electron chi connectivity index (χ1n) is 4.66. The molecule has 0 N–H and O–H groups in total. The van der Waals surface area contributed by atoms with Crippen molar-refractivity contribution >= 4 is 23.4 Å². The molecule has 0 saturated heterocycles. The predicted molar refractivity (Wildman–Crippen MR) is 61.2 cm³/mol. The lowest BCUT2D eigenvalue weighted by Gasteiger charge is -2.02. The number of fused-ring (bicyclic) bond motifs is 1. The number of benzene rings is 1. The Labute approximate surface area is 96.5 Å². The molecule has 0 saturated carbocycles. The summed E-state index contributed by atoms with van der Waals surface area (Å²) in [6.07, 6.45) is 0. The van der Waals surface area contributed by atoms with E-state index in [1.54, 1.807) is 11.8 Å². The Bertz CT molecular complexity index is 509. The molecule has 2 heterocycles. The standard InChI is InChI=1S/C10H8ClN3S/c11-8-3-1-2-7(6-8)9-12-13-10-14(9)4-5-15-10/h1-3,6H,4-5H2. The van der Waals surface area contributed by atoms with E-state index in [9.17, 15) is 0 Å². The average molecular weight is 238 g/mol. The van der Waals surface area contributed by atoms with Gasteiger partial charge in [0.25, 0.3) is 0 Å². The highest BCUT2D eigenvalue weighted by molar-refractivity contribution is 7.99. The number of nitrogens with zero attached hydrogens (tertiary/aromatic N) is 3. The smallest absolute Gasteiger partial charge is 0.191 e. The molecular formula is C10H8ClN3S. The van der Waals surface area contributed by atoms with Crippen molar-refractivity contribution in [1.29, 1.82) is 0 Å². The Balaban J connectivity index is 2.13. The van der Waals surface area contributed by atoms with Gasteiger partial charge in [0.1, 0.15) is 0 Å². The molecule has 0 spiro atoms. The summed E-state index contributed by atoms with van der Waals surface area (Å²) in [7, 11) is 0. The molecule has 0 amide bonds. The second-order valence-corrected chi connectivity index (χ2v) is 4.82. The van der Waals surface area contributed by atoms with E-state index in [0.29, 0.717) is 0 Å². The van der Waals surface area contributed by atoms with Gasteiger partial charge < -0.3 is 4.57 Å². The molecular weight excluding hydrogens is 230 g/mol. The van der Waals surface area contributed by atoms with Crippen LogP contribution >= 0.6 is 23.4 Å². The molecule has 5 heteroatoms. The van der Waals surface area contributed by atoms with Crippen LogP contribution < -0.4 is 0 Å². The van der Waals surface area contributed by atoms with Crippen LogP contribution in [0.25, 0.3) is 11.4 Å². The lowest BCUT2D eigenvalue weighted by atomic mass is 10.2. The molecule has 1 aliphatic rings. The van der Waals surface area contributed by atoms with Crippen molar-refractivity contribution in [3.63, 3.8) is 0 Å². The topological polar surface area (TPSA) is 30.7 Å². The van der Waals surface area contributed by atoms with Gasteiger partial charge in [-0.2, -0.15) is 0 Å². The fourth-order valence-electron chi connectivity index (χ4n) is 1.67. The van der Waals surface area contributed by atoms with Crippen molar-refractivity contribution in [2.75, 3.05) is 5.75 Å². The molecule has 1 aromatic carbocycles. The van der Waals surface area contributed by atoms with E-state index in [1.807, 2.05) is 24.3 Å². The van der Waals surface area contributed by atoms with Crippen LogP contribution in [-0.2, 0) is 6.54 Å². The van der Waals surface area contributed by atoms with E-state index in [-0.39, 0.29) is 0 Å². The maximum absolute atomic E-state index is 5.95. The lowest BCUT2D eigenvalue weighted by molar-refractivity contribution is 0.726. The molecule has 1 aromatic heterocycles. The van der Waals surface area contributed by atoms with Crippen molar-refractivity contribution in [3.8, 4) is 11.4 Å². The number of hydrogen-bond acceptors (Lipinski definition) is 3. The fraction of sp³-hybridized carbons (Fsp3) is 0.200. The zero-order valence-electron chi connectivity index (χ0n) is 7.85. The van der Waals surface area contributed by atoms with Gasteiger partial charge in [0, 0.05) is 22.9 Å². The van der Waals surface area contributed by atoms with Gasteiger partial charge in [-0.3, -0.25) is 0 Å². The lowest BCUT2D eigenvalue weighted by Crippen LogP contribution is -1.97. The van der Waals surface area contributed by atoms with Gasteiger partial charge in [-0.05, 0) is 12.1 Å². The van der Waals surface area contributed by atoms with Crippen LogP contribution in [0.15, 0.2) is 29.4 Å². The molecule has 0 bridgehead atoms. The highest BCUT2D eigenvalue weighted by Gasteiger charge is 2.18. The predicted octanol–water partition coefficient (Wildman–Crippen LogP) is 2.70. The summed E-state index contributed by atoms with van der Waals surface area (Å²) in [6.45, 7) is 0.981. The van der Waals surface area contributed by atoms with E-state index in [4.69, 9.17) is 11.6 Å².